The van der Waals surface area contributed by atoms with Gasteiger partial charge in [0.1, 0.15) is 17.8 Å². The molecule has 8 heteroatoms. The summed E-state index contributed by atoms with van der Waals surface area (Å²) in [5.74, 6) is 1.49. The van der Waals surface area contributed by atoms with E-state index >= 15 is 0 Å². The average Bonchev–Trinajstić information content (AvgIpc) is 2.97. The van der Waals surface area contributed by atoms with Gasteiger partial charge in [0.05, 0.1) is 7.11 Å². The van der Waals surface area contributed by atoms with E-state index in [1.54, 1.807) is 24.4 Å². The van der Waals surface area contributed by atoms with E-state index < -0.39 is 0 Å². The number of hydrogen-bond donors (Lipinski definition) is 1. The fraction of sp³-hybridized carbons (Fsp3) is 0.0833. The second-order valence-corrected chi connectivity index (χ2v) is 3.84. The molecular weight excluding hydrogens is 260 g/mol. The van der Waals surface area contributed by atoms with Crippen LogP contribution in [-0.4, -0.2) is 32.2 Å². The third-order valence-corrected chi connectivity index (χ3v) is 2.53. The van der Waals surface area contributed by atoms with Gasteiger partial charge in [0, 0.05) is 17.8 Å². The lowest BCUT2D eigenvalue weighted by atomic mass is 10.2. The highest BCUT2D eigenvalue weighted by Crippen LogP contribution is 2.22. The predicted octanol–water partition coefficient (Wildman–Crippen LogP) is 1.18. The summed E-state index contributed by atoms with van der Waals surface area (Å²) in [5, 5.41) is 3.87. The lowest BCUT2D eigenvalue weighted by molar-refractivity contribution is 0.397. The summed E-state index contributed by atoms with van der Waals surface area (Å²) in [6.45, 7) is 0. The van der Waals surface area contributed by atoms with Gasteiger partial charge in [-0.1, -0.05) is 5.16 Å². The molecule has 0 amide bonds. The highest BCUT2D eigenvalue weighted by molar-refractivity contribution is 5.59. The van der Waals surface area contributed by atoms with Crippen molar-refractivity contribution in [2.75, 3.05) is 12.8 Å². The molecule has 0 bridgehead atoms. The zero-order chi connectivity index (χ0) is 13.9. The van der Waals surface area contributed by atoms with Crippen LogP contribution in [0.5, 0.6) is 5.88 Å². The number of ether oxygens (including phenoxy) is 1. The molecule has 0 aliphatic heterocycles. The molecule has 8 nitrogen and oxygen atoms in total. The van der Waals surface area contributed by atoms with Gasteiger partial charge in [-0.2, -0.15) is 4.98 Å². The van der Waals surface area contributed by atoms with E-state index in [2.05, 4.69) is 25.1 Å². The van der Waals surface area contributed by atoms with Crippen LogP contribution in [0.3, 0.4) is 0 Å². The molecule has 3 aromatic rings. The van der Waals surface area contributed by atoms with Crippen molar-refractivity contribution in [3.63, 3.8) is 0 Å². The highest BCUT2D eigenvalue weighted by atomic mass is 16.5. The van der Waals surface area contributed by atoms with Crippen LogP contribution in [0.15, 0.2) is 35.2 Å². The molecule has 0 fully saturated rings. The summed E-state index contributed by atoms with van der Waals surface area (Å²) < 4.78 is 10.2. The quantitative estimate of drug-likeness (QED) is 0.754. The van der Waals surface area contributed by atoms with Gasteiger partial charge in [0.2, 0.25) is 11.7 Å². The second-order valence-electron chi connectivity index (χ2n) is 3.84. The molecule has 0 aliphatic rings. The maximum absolute atomic E-state index is 5.61. The number of pyridine rings is 1. The summed E-state index contributed by atoms with van der Waals surface area (Å²) in [6, 6.07) is 5.00. The summed E-state index contributed by atoms with van der Waals surface area (Å²) in [6.07, 6.45) is 2.94. The molecule has 0 saturated heterocycles. The van der Waals surface area contributed by atoms with Crippen molar-refractivity contribution in [2.24, 2.45) is 0 Å². The van der Waals surface area contributed by atoms with E-state index in [9.17, 15) is 0 Å². The minimum Gasteiger partial charge on any atom is -0.481 e. The van der Waals surface area contributed by atoms with E-state index in [4.69, 9.17) is 15.0 Å². The lowest BCUT2D eigenvalue weighted by Gasteiger charge is -1.97. The molecule has 0 unspecified atom stereocenters. The molecule has 0 saturated carbocycles. The smallest absolute Gasteiger partial charge is 0.258 e. The summed E-state index contributed by atoms with van der Waals surface area (Å²) in [5.41, 5.74) is 6.81. The van der Waals surface area contributed by atoms with Crippen LogP contribution in [0.1, 0.15) is 0 Å². The monoisotopic (exact) mass is 270 g/mol. The van der Waals surface area contributed by atoms with Gasteiger partial charge in [-0.3, -0.25) is 0 Å². The fourth-order valence-corrected chi connectivity index (χ4v) is 1.60. The van der Waals surface area contributed by atoms with Crippen molar-refractivity contribution in [3.8, 4) is 28.9 Å². The Morgan fingerprint density at radius 2 is 2.10 bits per heavy atom. The zero-order valence-corrected chi connectivity index (χ0v) is 10.5. The minimum absolute atomic E-state index is 0.340. The molecular formula is C12H10N6O2. The molecule has 0 aliphatic carbocycles. The van der Waals surface area contributed by atoms with Gasteiger partial charge in [-0.25, -0.2) is 15.0 Å². The average molecular weight is 270 g/mol. The minimum atomic E-state index is 0.340. The van der Waals surface area contributed by atoms with Crippen molar-refractivity contribution in [2.45, 2.75) is 0 Å². The van der Waals surface area contributed by atoms with Crippen LogP contribution in [0.2, 0.25) is 0 Å². The molecule has 20 heavy (non-hydrogen) atoms. The third kappa shape index (κ3) is 2.26. The van der Waals surface area contributed by atoms with Crippen molar-refractivity contribution in [1.29, 1.82) is 0 Å². The third-order valence-electron chi connectivity index (χ3n) is 2.53. The van der Waals surface area contributed by atoms with Crippen LogP contribution in [0.25, 0.3) is 23.0 Å². The Labute approximate surface area is 113 Å². The maximum atomic E-state index is 5.61. The number of rotatable bonds is 3. The van der Waals surface area contributed by atoms with Gasteiger partial charge in [0.25, 0.3) is 5.89 Å². The first-order chi connectivity index (χ1) is 9.76. The van der Waals surface area contributed by atoms with Crippen molar-refractivity contribution >= 4 is 5.82 Å². The SMILES string of the molecule is COc1cc(-c2noc(-c3ccnc(N)c3)n2)ncn1. The van der Waals surface area contributed by atoms with Gasteiger partial charge < -0.3 is 15.0 Å². The summed E-state index contributed by atoms with van der Waals surface area (Å²) in [4.78, 5) is 16.1. The fourth-order valence-electron chi connectivity index (χ4n) is 1.60. The molecule has 3 rings (SSSR count). The summed E-state index contributed by atoms with van der Waals surface area (Å²) in [7, 11) is 1.52. The van der Waals surface area contributed by atoms with Crippen molar-refractivity contribution in [1.82, 2.24) is 25.1 Å². The van der Waals surface area contributed by atoms with E-state index in [0.717, 1.165) is 0 Å². The van der Waals surface area contributed by atoms with Gasteiger partial charge in [-0.05, 0) is 12.1 Å². The Morgan fingerprint density at radius 1 is 1.20 bits per heavy atom. The predicted molar refractivity (Wildman–Crippen MR) is 69.5 cm³/mol. The van der Waals surface area contributed by atoms with E-state index in [0.29, 0.717) is 34.7 Å². The molecule has 100 valence electrons. The molecule has 2 N–H and O–H groups in total. The van der Waals surface area contributed by atoms with Crippen LogP contribution in [0.4, 0.5) is 5.82 Å². The van der Waals surface area contributed by atoms with E-state index in [1.165, 1.54) is 13.4 Å². The lowest BCUT2D eigenvalue weighted by Crippen LogP contribution is -1.92. The number of anilines is 1. The standard InChI is InChI=1S/C12H10N6O2/c1-19-10-5-8(15-6-16-10)11-17-12(20-18-11)7-2-3-14-9(13)4-7/h2-6H,1H3,(H2,13,14). The Balaban J connectivity index is 1.97. The number of hydrogen-bond acceptors (Lipinski definition) is 8. The van der Waals surface area contributed by atoms with E-state index in [-0.39, 0.29) is 0 Å². The topological polar surface area (TPSA) is 113 Å². The Hall–Kier alpha value is -3.03. The molecule has 3 heterocycles. The number of methoxy groups -OCH3 is 1. The molecule has 0 atom stereocenters. The number of nitrogens with two attached hydrogens (primary N) is 1. The van der Waals surface area contributed by atoms with Crippen LogP contribution >= 0.6 is 0 Å². The molecule has 3 aromatic heterocycles. The van der Waals surface area contributed by atoms with Crippen LogP contribution in [0, 0.1) is 0 Å². The maximum Gasteiger partial charge on any atom is 0.258 e. The normalized spacial score (nSPS) is 10.4. The van der Waals surface area contributed by atoms with Gasteiger partial charge in [0.15, 0.2) is 0 Å². The van der Waals surface area contributed by atoms with Crippen molar-refractivity contribution < 1.29 is 9.26 Å². The van der Waals surface area contributed by atoms with Crippen LogP contribution in [-0.2, 0) is 0 Å². The Bertz CT molecular complexity index is 742. The first-order valence-electron chi connectivity index (χ1n) is 5.68. The second kappa shape index (κ2) is 4.92. The Morgan fingerprint density at radius 3 is 2.90 bits per heavy atom. The largest absolute Gasteiger partial charge is 0.481 e. The number of aromatic nitrogens is 5. The zero-order valence-electron chi connectivity index (χ0n) is 10.5. The molecule has 0 radical (unpaired) electrons. The van der Waals surface area contributed by atoms with Gasteiger partial charge in [-0.15, -0.1) is 0 Å². The first kappa shape index (κ1) is 12.0. The van der Waals surface area contributed by atoms with E-state index in [1.807, 2.05) is 0 Å². The van der Waals surface area contributed by atoms with Crippen molar-refractivity contribution in [3.05, 3.63) is 30.7 Å². The molecule has 0 spiro atoms. The number of nitrogen functional groups attached to an aromatic ring is 1. The Kier molecular flexibility index (Phi) is 2.96. The van der Waals surface area contributed by atoms with Gasteiger partial charge >= 0.3 is 0 Å². The summed E-state index contributed by atoms with van der Waals surface area (Å²) >= 11 is 0. The first-order valence-corrected chi connectivity index (χ1v) is 5.68. The molecule has 0 aromatic carbocycles. The number of nitrogens with zero attached hydrogens (tertiary/aromatic N) is 5. The highest BCUT2D eigenvalue weighted by Gasteiger charge is 2.12. The van der Waals surface area contributed by atoms with Crippen LogP contribution < -0.4 is 10.5 Å².